The quantitative estimate of drug-likeness (QED) is 0.877. The summed E-state index contributed by atoms with van der Waals surface area (Å²) in [7, 11) is 0. The predicted molar refractivity (Wildman–Crippen MR) is 89.5 cm³/mol. The summed E-state index contributed by atoms with van der Waals surface area (Å²) < 4.78 is 10.6. The van der Waals surface area contributed by atoms with Crippen LogP contribution in [0.2, 0.25) is 0 Å². The first-order valence-corrected chi connectivity index (χ1v) is 8.55. The van der Waals surface area contributed by atoms with Crippen molar-refractivity contribution in [2.24, 2.45) is 0 Å². The Labute approximate surface area is 142 Å². The molecule has 1 fully saturated rings. The first kappa shape index (κ1) is 16.9. The topological polar surface area (TPSA) is 71.6 Å². The van der Waals surface area contributed by atoms with Crippen molar-refractivity contribution >= 4 is 0 Å². The third-order valence-corrected chi connectivity index (χ3v) is 4.47. The summed E-state index contributed by atoms with van der Waals surface area (Å²) in [4.78, 5) is 6.49. The van der Waals surface area contributed by atoms with Gasteiger partial charge in [-0.2, -0.15) is 4.98 Å². The molecule has 1 aliphatic heterocycles. The Balaban J connectivity index is 1.55. The smallest absolute Gasteiger partial charge is 0.223 e. The lowest BCUT2D eigenvalue weighted by Gasteiger charge is -2.37. The van der Waals surface area contributed by atoms with E-state index in [9.17, 15) is 5.11 Å². The minimum absolute atomic E-state index is 0.260. The molecular formula is C18H25N3O3. The normalized spacial score (nSPS) is 20.0. The molecule has 2 aromatic rings. The average Bonchev–Trinajstić information content (AvgIpc) is 3.00. The molecule has 1 aliphatic rings. The summed E-state index contributed by atoms with van der Waals surface area (Å²) in [5.74, 6) is 1.87. The molecule has 1 saturated heterocycles. The Morgan fingerprint density at radius 1 is 1.33 bits per heavy atom. The zero-order valence-electron chi connectivity index (χ0n) is 14.3. The van der Waals surface area contributed by atoms with Gasteiger partial charge in [0.2, 0.25) is 11.7 Å². The monoisotopic (exact) mass is 331 g/mol. The van der Waals surface area contributed by atoms with E-state index >= 15 is 0 Å². The number of likely N-dealkylation sites (tertiary alicyclic amines) is 1. The molecule has 0 amide bonds. The highest BCUT2D eigenvalue weighted by Crippen LogP contribution is 2.23. The number of ether oxygens (including phenoxy) is 1. The van der Waals surface area contributed by atoms with E-state index in [-0.39, 0.29) is 12.1 Å². The van der Waals surface area contributed by atoms with Crippen LogP contribution in [0.5, 0.6) is 5.75 Å². The Hall–Kier alpha value is -1.92. The molecule has 1 N–H and O–H groups in total. The molecule has 0 aliphatic carbocycles. The van der Waals surface area contributed by atoms with Crippen LogP contribution in [0, 0.1) is 6.92 Å². The van der Waals surface area contributed by atoms with Gasteiger partial charge in [-0.1, -0.05) is 23.7 Å². The minimum atomic E-state index is -0.286. The summed E-state index contributed by atoms with van der Waals surface area (Å²) in [6, 6.07) is 8.33. The highest BCUT2D eigenvalue weighted by atomic mass is 16.5. The molecule has 2 unspecified atom stereocenters. The second kappa shape index (κ2) is 7.77. The minimum Gasteiger partial charge on any atom is -0.485 e. The molecule has 0 radical (unpaired) electrons. The highest BCUT2D eigenvalue weighted by Gasteiger charge is 2.25. The number of aliphatic hydroxyl groups excluding tert-OH is 1. The molecule has 0 bridgehead atoms. The maximum absolute atomic E-state index is 9.97. The highest BCUT2D eigenvalue weighted by molar-refractivity contribution is 5.27. The molecule has 1 aromatic heterocycles. The molecule has 2 atom stereocenters. The number of hydrogen-bond donors (Lipinski definition) is 1. The number of hydrogen-bond acceptors (Lipinski definition) is 6. The Morgan fingerprint density at radius 2 is 2.12 bits per heavy atom. The number of benzene rings is 1. The summed E-state index contributed by atoms with van der Waals surface area (Å²) >= 11 is 0. The Morgan fingerprint density at radius 3 is 2.79 bits per heavy atom. The van der Waals surface area contributed by atoms with Gasteiger partial charge in [0.15, 0.2) is 6.61 Å². The third kappa shape index (κ3) is 4.33. The van der Waals surface area contributed by atoms with Gasteiger partial charge in [0.05, 0.1) is 6.10 Å². The van der Waals surface area contributed by atoms with Crippen molar-refractivity contribution in [1.82, 2.24) is 15.0 Å². The summed E-state index contributed by atoms with van der Waals surface area (Å²) in [6.07, 6.45) is 3.19. The van der Waals surface area contributed by atoms with Gasteiger partial charge in [-0.15, -0.1) is 0 Å². The van der Waals surface area contributed by atoms with Crippen molar-refractivity contribution in [2.45, 2.75) is 58.4 Å². The van der Waals surface area contributed by atoms with Crippen LogP contribution in [0.4, 0.5) is 0 Å². The number of piperidine rings is 1. The van der Waals surface area contributed by atoms with E-state index in [2.05, 4.69) is 27.2 Å². The van der Waals surface area contributed by atoms with Gasteiger partial charge in [-0.25, -0.2) is 0 Å². The molecule has 2 heterocycles. The van der Waals surface area contributed by atoms with Crippen LogP contribution in [0.1, 0.15) is 43.5 Å². The SMILES string of the molecule is Cc1nc(COc2ccc(CN3CCCCC3C(C)O)cc2)no1. The van der Waals surface area contributed by atoms with E-state index in [0.717, 1.165) is 25.3 Å². The molecular weight excluding hydrogens is 306 g/mol. The van der Waals surface area contributed by atoms with E-state index < -0.39 is 0 Å². The second-order valence-electron chi connectivity index (χ2n) is 6.44. The van der Waals surface area contributed by atoms with Crippen LogP contribution in [-0.4, -0.2) is 38.8 Å². The largest absolute Gasteiger partial charge is 0.485 e. The molecule has 0 saturated carbocycles. The van der Waals surface area contributed by atoms with E-state index in [1.54, 1.807) is 6.92 Å². The fourth-order valence-electron chi connectivity index (χ4n) is 3.23. The first-order chi connectivity index (χ1) is 11.6. The van der Waals surface area contributed by atoms with Crippen molar-refractivity contribution < 1.29 is 14.4 Å². The maximum Gasteiger partial charge on any atom is 0.223 e. The van der Waals surface area contributed by atoms with Crippen LogP contribution in [0.25, 0.3) is 0 Å². The molecule has 130 valence electrons. The zero-order chi connectivity index (χ0) is 16.9. The lowest BCUT2D eigenvalue weighted by atomic mass is 9.97. The standard InChI is InChI=1S/C18H25N3O3/c1-13(22)17-5-3-4-10-21(17)11-15-6-8-16(9-7-15)23-12-18-19-14(2)24-20-18/h6-9,13,17,22H,3-5,10-12H2,1-2H3. The van der Waals surface area contributed by atoms with Crippen LogP contribution < -0.4 is 4.74 Å². The molecule has 6 nitrogen and oxygen atoms in total. The van der Waals surface area contributed by atoms with E-state index in [1.807, 2.05) is 19.1 Å². The van der Waals surface area contributed by atoms with Crippen molar-refractivity contribution in [1.29, 1.82) is 0 Å². The van der Waals surface area contributed by atoms with Gasteiger partial charge in [0.1, 0.15) is 5.75 Å². The first-order valence-electron chi connectivity index (χ1n) is 8.55. The van der Waals surface area contributed by atoms with Gasteiger partial charge < -0.3 is 14.4 Å². The summed E-state index contributed by atoms with van der Waals surface area (Å²) in [6.45, 7) is 5.85. The van der Waals surface area contributed by atoms with Gasteiger partial charge in [0, 0.05) is 19.5 Å². The van der Waals surface area contributed by atoms with Gasteiger partial charge in [-0.05, 0) is 44.0 Å². The van der Waals surface area contributed by atoms with E-state index in [1.165, 1.54) is 18.4 Å². The molecule has 0 spiro atoms. The zero-order valence-corrected chi connectivity index (χ0v) is 14.3. The van der Waals surface area contributed by atoms with Crippen molar-refractivity contribution in [2.75, 3.05) is 6.54 Å². The lowest BCUT2D eigenvalue weighted by molar-refractivity contribution is 0.0316. The Bertz CT molecular complexity index is 639. The van der Waals surface area contributed by atoms with Gasteiger partial charge in [0.25, 0.3) is 0 Å². The van der Waals surface area contributed by atoms with E-state index in [4.69, 9.17) is 9.26 Å². The number of aryl methyl sites for hydroxylation is 1. The van der Waals surface area contributed by atoms with Crippen molar-refractivity contribution in [3.8, 4) is 5.75 Å². The maximum atomic E-state index is 9.97. The summed E-state index contributed by atoms with van der Waals surface area (Å²) in [5, 5.41) is 13.8. The van der Waals surface area contributed by atoms with Crippen LogP contribution in [0.15, 0.2) is 28.8 Å². The van der Waals surface area contributed by atoms with Crippen LogP contribution in [-0.2, 0) is 13.2 Å². The average molecular weight is 331 g/mol. The fraction of sp³-hybridized carbons (Fsp3) is 0.556. The van der Waals surface area contributed by atoms with Crippen molar-refractivity contribution in [3.63, 3.8) is 0 Å². The number of rotatable bonds is 6. The number of aromatic nitrogens is 2. The predicted octanol–water partition coefficient (Wildman–Crippen LogP) is 2.69. The molecule has 3 rings (SSSR count). The van der Waals surface area contributed by atoms with Crippen LogP contribution >= 0.6 is 0 Å². The molecule has 24 heavy (non-hydrogen) atoms. The number of nitrogens with zero attached hydrogens (tertiary/aromatic N) is 3. The molecule has 6 heteroatoms. The van der Waals surface area contributed by atoms with Gasteiger partial charge >= 0.3 is 0 Å². The van der Waals surface area contributed by atoms with Crippen molar-refractivity contribution in [3.05, 3.63) is 41.5 Å². The fourth-order valence-corrected chi connectivity index (χ4v) is 3.23. The lowest BCUT2D eigenvalue weighted by Crippen LogP contribution is -2.45. The third-order valence-electron chi connectivity index (χ3n) is 4.47. The summed E-state index contributed by atoms with van der Waals surface area (Å²) in [5.41, 5.74) is 1.23. The van der Waals surface area contributed by atoms with E-state index in [0.29, 0.717) is 18.3 Å². The van der Waals surface area contributed by atoms with Crippen LogP contribution in [0.3, 0.4) is 0 Å². The second-order valence-corrected chi connectivity index (χ2v) is 6.44. The number of aliphatic hydroxyl groups is 1. The Kier molecular flexibility index (Phi) is 5.48. The van der Waals surface area contributed by atoms with Gasteiger partial charge in [-0.3, -0.25) is 4.90 Å². The molecule has 1 aromatic carbocycles.